The second-order valence-corrected chi connectivity index (χ2v) is 8.70. The van der Waals surface area contributed by atoms with Crippen LogP contribution in [0, 0.1) is 5.82 Å². The lowest BCUT2D eigenvalue weighted by molar-refractivity contribution is -0.140. The van der Waals surface area contributed by atoms with E-state index in [0.717, 1.165) is 39.1 Å². The zero-order chi connectivity index (χ0) is 22.5. The number of methoxy groups -OCH3 is 1. The fourth-order valence-electron chi connectivity index (χ4n) is 4.89. The first-order chi connectivity index (χ1) is 15.5. The van der Waals surface area contributed by atoms with Gasteiger partial charge in [-0.05, 0) is 18.9 Å². The molecule has 3 aliphatic rings. The highest BCUT2D eigenvalue weighted by atomic mass is 19.1. The van der Waals surface area contributed by atoms with Crippen LogP contribution in [0.1, 0.15) is 24.8 Å². The van der Waals surface area contributed by atoms with Gasteiger partial charge in [-0.2, -0.15) is 0 Å². The van der Waals surface area contributed by atoms with Gasteiger partial charge in [-0.25, -0.2) is 4.39 Å². The minimum Gasteiger partial charge on any atom is -0.497 e. The summed E-state index contributed by atoms with van der Waals surface area (Å²) in [6, 6.07) is 4.64. The van der Waals surface area contributed by atoms with Crippen LogP contribution in [0.2, 0.25) is 0 Å². The number of piperazine rings is 1. The summed E-state index contributed by atoms with van der Waals surface area (Å²) in [5.41, 5.74) is 0.490. The molecule has 8 nitrogen and oxygen atoms in total. The van der Waals surface area contributed by atoms with E-state index in [4.69, 9.17) is 9.47 Å². The van der Waals surface area contributed by atoms with E-state index < -0.39 is 6.04 Å². The van der Waals surface area contributed by atoms with E-state index in [-0.39, 0.29) is 30.6 Å². The smallest absolute Gasteiger partial charge is 0.237 e. The van der Waals surface area contributed by atoms with Crippen molar-refractivity contribution < 1.29 is 23.5 Å². The molecule has 176 valence electrons. The predicted octanol–water partition coefficient (Wildman–Crippen LogP) is 0.848. The van der Waals surface area contributed by atoms with Gasteiger partial charge in [0.25, 0.3) is 0 Å². The quantitative estimate of drug-likeness (QED) is 0.696. The Hall–Kier alpha value is -2.23. The molecule has 0 aromatic heterocycles. The number of rotatable bonds is 6. The Morgan fingerprint density at radius 3 is 2.62 bits per heavy atom. The van der Waals surface area contributed by atoms with E-state index in [2.05, 4.69) is 10.2 Å². The number of morpholine rings is 1. The average Bonchev–Trinajstić information content (AvgIpc) is 2.83. The largest absolute Gasteiger partial charge is 0.497 e. The van der Waals surface area contributed by atoms with Gasteiger partial charge in [0.05, 0.1) is 32.8 Å². The van der Waals surface area contributed by atoms with Gasteiger partial charge in [-0.15, -0.1) is 0 Å². The van der Waals surface area contributed by atoms with E-state index in [9.17, 15) is 14.0 Å². The van der Waals surface area contributed by atoms with Gasteiger partial charge in [0, 0.05) is 63.5 Å². The molecule has 3 saturated heterocycles. The van der Waals surface area contributed by atoms with Crippen LogP contribution in [-0.4, -0.2) is 98.2 Å². The topological polar surface area (TPSA) is 74.4 Å². The SMILES string of the molecule is COc1ccc(CN2CCNC(=O)C2CC(=O)N2CCC(N3CCOCC3)CC2)c(F)c1. The highest BCUT2D eigenvalue weighted by Gasteiger charge is 2.35. The Labute approximate surface area is 188 Å². The average molecular weight is 449 g/mol. The van der Waals surface area contributed by atoms with Crippen LogP contribution in [0.5, 0.6) is 5.75 Å². The lowest BCUT2D eigenvalue weighted by Gasteiger charge is -2.41. The van der Waals surface area contributed by atoms with Crippen molar-refractivity contribution in [3.05, 3.63) is 29.6 Å². The van der Waals surface area contributed by atoms with Crippen LogP contribution in [-0.2, 0) is 20.9 Å². The first-order valence-corrected chi connectivity index (χ1v) is 11.5. The van der Waals surface area contributed by atoms with Gasteiger partial charge in [0.1, 0.15) is 11.6 Å². The van der Waals surface area contributed by atoms with Crippen molar-refractivity contribution in [2.75, 3.05) is 59.6 Å². The fourth-order valence-corrected chi connectivity index (χ4v) is 4.89. The molecule has 1 aromatic carbocycles. The Kier molecular flexibility index (Phi) is 7.59. The van der Waals surface area contributed by atoms with Crippen molar-refractivity contribution in [1.29, 1.82) is 0 Å². The maximum absolute atomic E-state index is 14.5. The highest BCUT2D eigenvalue weighted by molar-refractivity contribution is 5.88. The van der Waals surface area contributed by atoms with Crippen molar-refractivity contribution in [3.8, 4) is 5.75 Å². The number of ether oxygens (including phenoxy) is 2. The maximum atomic E-state index is 14.5. The normalized spacial score (nSPS) is 23.8. The van der Waals surface area contributed by atoms with Crippen molar-refractivity contribution in [2.45, 2.75) is 37.9 Å². The number of nitrogens with one attached hydrogen (secondary N) is 1. The molecule has 0 bridgehead atoms. The van der Waals surface area contributed by atoms with Crippen molar-refractivity contribution in [1.82, 2.24) is 20.0 Å². The molecule has 1 unspecified atom stereocenters. The molecular weight excluding hydrogens is 415 g/mol. The Morgan fingerprint density at radius 1 is 1.19 bits per heavy atom. The summed E-state index contributed by atoms with van der Waals surface area (Å²) in [6.45, 7) is 6.24. The van der Waals surface area contributed by atoms with Crippen LogP contribution in [0.4, 0.5) is 4.39 Å². The number of piperidine rings is 1. The number of nitrogens with zero attached hydrogens (tertiary/aromatic N) is 3. The van der Waals surface area contributed by atoms with Crippen molar-refractivity contribution >= 4 is 11.8 Å². The highest BCUT2D eigenvalue weighted by Crippen LogP contribution is 2.22. The minimum atomic E-state index is -0.588. The molecule has 3 aliphatic heterocycles. The third kappa shape index (κ3) is 5.39. The fraction of sp³-hybridized carbons (Fsp3) is 0.652. The van der Waals surface area contributed by atoms with E-state index in [1.165, 1.54) is 13.2 Å². The molecule has 0 spiro atoms. The molecule has 3 fully saturated rings. The first-order valence-electron chi connectivity index (χ1n) is 11.5. The van der Waals surface area contributed by atoms with Gasteiger partial charge in [-0.1, -0.05) is 6.07 Å². The van der Waals surface area contributed by atoms with Gasteiger partial charge < -0.3 is 19.7 Å². The molecule has 32 heavy (non-hydrogen) atoms. The Bertz CT molecular complexity index is 809. The van der Waals surface area contributed by atoms with Crippen LogP contribution in [0.25, 0.3) is 0 Å². The summed E-state index contributed by atoms with van der Waals surface area (Å²) in [6.07, 6.45) is 2.01. The van der Waals surface area contributed by atoms with Gasteiger partial charge >= 0.3 is 0 Å². The van der Waals surface area contributed by atoms with Crippen LogP contribution in [0.15, 0.2) is 18.2 Å². The van der Waals surface area contributed by atoms with E-state index in [1.54, 1.807) is 12.1 Å². The standard InChI is InChI=1S/C23H33FN4O4/c1-31-19-3-2-17(20(24)14-19)16-28-9-6-25-23(30)21(28)15-22(29)27-7-4-18(5-8-27)26-10-12-32-13-11-26/h2-3,14,18,21H,4-13,15-16H2,1H3,(H,25,30). The summed E-state index contributed by atoms with van der Waals surface area (Å²) in [4.78, 5) is 31.9. The summed E-state index contributed by atoms with van der Waals surface area (Å²) in [5, 5.41) is 2.86. The third-order valence-corrected chi connectivity index (χ3v) is 6.82. The number of halogens is 1. The minimum absolute atomic E-state index is 0.00678. The van der Waals surface area contributed by atoms with Gasteiger partial charge in [-0.3, -0.25) is 19.4 Å². The lowest BCUT2D eigenvalue weighted by atomic mass is 10.0. The Morgan fingerprint density at radius 2 is 1.94 bits per heavy atom. The number of carbonyl (C=O) groups excluding carboxylic acids is 2. The number of hydrogen-bond acceptors (Lipinski definition) is 6. The molecule has 1 N–H and O–H groups in total. The number of likely N-dealkylation sites (tertiary alicyclic amines) is 1. The predicted molar refractivity (Wildman–Crippen MR) is 117 cm³/mol. The molecule has 3 heterocycles. The van der Waals surface area contributed by atoms with E-state index in [1.807, 2.05) is 9.80 Å². The van der Waals surface area contributed by atoms with E-state index in [0.29, 0.717) is 43.5 Å². The van der Waals surface area contributed by atoms with Gasteiger partial charge in [0.15, 0.2) is 0 Å². The molecular formula is C23H33FN4O4. The third-order valence-electron chi connectivity index (χ3n) is 6.82. The molecule has 0 radical (unpaired) electrons. The molecule has 4 rings (SSSR count). The number of carbonyl (C=O) groups is 2. The van der Waals surface area contributed by atoms with Crippen molar-refractivity contribution in [3.63, 3.8) is 0 Å². The molecule has 1 atom stereocenters. The lowest BCUT2D eigenvalue weighted by Crippen LogP contribution is -2.57. The van der Waals surface area contributed by atoms with Gasteiger partial charge in [0.2, 0.25) is 11.8 Å². The molecule has 9 heteroatoms. The zero-order valence-electron chi connectivity index (χ0n) is 18.7. The second-order valence-electron chi connectivity index (χ2n) is 8.70. The summed E-state index contributed by atoms with van der Waals surface area (Å²) < 4.78 is 25.0. The summed E-state index contributed by atoms with van der Waals surface area (Å²) in [5.74, 6) is -0.0881. The molecule has 1 aromatic rings. The number of benzene rings is 1. The van der Waals surface area contributed by atoms with E-state index >= 15 is 0 Å². The maximum Gasteiger partial charge on any atom is 0.237 e. The molecule has 2 amide bonds. The molecule has 0 aliphatic carbocycles. The second kappa shape index (κ2) is 10.6. The number of amides is 2. The van der Waals surface area contributed by atoms with Crippen LogP contribution < -0.4 is 10.1 Å². The molecule has 0 saturated carbocycles. The van der Waals surface area contributed by atoms with Crippen LogP contribution in [0.3, 0.4) is 0 Å². The number of hydrogen-bond donors (Lipinski definition) is 1. The monoisotopic (exact) mass is 448 g/mol. The van der Waals surface area contributed by atoms with Crippen molar-refractivity contribution in [2.24, 2.45) is 0 Å². The zero-order valence-corrected chi connectivity index (χ0v) is 18.7. The summed E-state index contributed by atoms with van der Waals surface area (Å²) >= 11 is 0. The summed E-state index contributed by atoms with van der Waals surface area (Å²) in [7, 11) is 1.49. The van der Waals surface area contributed by atoms with Crippen LogP contribution >= 0.6 is 0 Å². The Balaban J connectivity index is 1.34. The first kappa shape index (κ1) is 22.9.